The van der Waals surface area contributed by atoms with Crippen molar-refractivity contribution in [1.82, 2.24) is 0 Å². The van der Waals surface area contributed by atoms with Crippen molar-refractivity contribution in [3.63, 3.8) is 0 Å². The lowest BCUT2D eigenvalue weighted by Crippen LogP contribution is -2.17. The Bertz CT molecular complexity index is 729. The number of oxime groups is 1. The molecule has 0 bridgehead atoms. The van der Waals surface area contributed by atoms with Crippen LogP contribution in [0.25, 0.3) is 0 Å². The number of rotatable bonds is 4. The summed E-state index contributed by atoms with van der Waals surface area (Å²) in [6, 6.07) is 8.08. The molecule has 0 fully saturated rings. The Morgan fingerprint density at radius 2 is 2.09 bits per heavy atom. The van der Waals surface area contributed by atoms with Gasteiger partial charge < -0.3 is 5.73 Å². The smallest absolute Gasteiger partial charge is 0.380 e. The zero-order valence-electron chi connectivity index (χ0n) is 10.9. The summed E-state index contributed by atoms with van der Waals surface area (Å²) in [6.07, 6.45) is -0.824. The van der Waals surface area contributed by atoms with Gasteiger partial charge in [-0.3, -0.25) is 20.3 Å². The fourth-order valence-corrected chi connectivity index (χ4v) is 2.35. The number of anilines is 1. The highest BCUT2D eigenvalue weighted by Crippen LogP contribution is 2.22. The fraction of sp³-hybridized carbons (Fsp3) is 0. The summed E-state index contributed by atoms with van der Waals surface area (Å²) in [7, 11) is 0. The van der Waals surface area contributed by atoms with Gasteiger partial charge in [-0.15, -0.1) is 0 Å². The van der Waals surface area contributed by atoms with Gasteiger partial charge in [0.1, 0.15) is 0 Å². The SMILES string of the molecule is N/C(=N/OC(=O)Nc1ccc(Br)cc1)c1csc([N+](=O)[O-])c1. The molecule has 0 aliphatic carbocycles. The molecule has 8 nitrogen and oxygen atoms in total. The second-order valence-electron chi connectivity index (χ2n) is 3.92. The van der Waals surface area contributed by atoms with Crippen molar-refractivity contribution in [1.29, 1.82) is 0 Å². The van der Waals surface area contributed by atoms with Crippen LogP contribution in [0.5, 0.6) is 0 Å². The summed E-state index contributed by atoms with van der Waals surface area (Å²) in [6.45, 7) is 0. The van der Waals surface area contributed by atoms with E-state index in [4.69, 9.17) is 5.73 Å². The molecule has 0 spiro atoms. The summed E-state index contributed by atoms with van der Waals surface area (Å²) >= 11 is 4.17. The van der Waals surface area contributed by atoms with Crippen LogP contribution in [-0.4, -0.2) is 16.9 Å². The number of amidine groups is 1. The quantitative estimate of drug-likeness (QED) is 0.275. The van der Waals surface area contributed by atoms with Crippen molar-refractivity contribution in [3.8, 4) is 0 Å². The second kappa shape index (κ2) is 7.00. The number of amides is 1. The fourth-order valence-electron chi connectivity index (χ4n) is 1.37. The van der Waals surface area contributed by atoms with E-state index < -0.39 is 11.0 Å². The Kier molecular flexibility index (Phi) is 5.07. The molecule has 1 aromatic heterocycles. The number of nitro groups is 1. The molecule has 22 heavy (non-hydrogen) atoms. The van der Waals surface area contributed by atoms with Crippen molar-refractivity contribution < 1.29 is 14.6 Å². The number of nitrogens with zero attached hydrogens (tertiary/aromatic N) is 2. The van der Waals surface area contributed by atoms with Crippen molar-refractivity contribution in [2.24, 2.45) is 10.9 Å². The maximum absolute atomic E-state index is 11.5. The number of benzene rings is 1. The molecule has 2 rings (SSSR count). The van der Waals surface area contributed by atoms with Crippen LogP contribution in [0, 0.1) is 10.1 Å². The van der Waals surface area contributed by atoms with E-state index in [-0.39, 0.29) is 10.8 Å². The first-order valence-corrected chi connectivity index (χ1v) is 7.43. The van der Waals surface area contributed by atoms with Gasteiger partial charge in [-0.1, -0.05) is 32.4 Å². The summed E-state index contributed by atoms with van der Waals surface area (Å²) in [5.74, 6) is -0.129. The summed E-state index contributed by atoms with van der Waals surface area (Å²) < 4.78 is 0.868. The third-order valence-corrected chi connectivity index (χ3v) is 3.79. The normalized spacial score (nSPS) is 11.0. The van der Waals surface area contributed by atoms with Crippen LogP contribution in [0.15, 0.2) is 45.3 Å². The summed E-state index contributed by atoms with van der Waals surface area (Å²) in [5.41, 5.74) is 6.43. The molecule has 0 unspecified atom stereocenters. The Morgan fingerprint density at radius 3 is 2.68 bits per heavy atom. The van der Waals surface area contributed by atoms with Gasteiger partial charge in [0.2, 0.25) is 0 Å². The minimum absolute atomic E-state index is 0.0764. The zero-order chi connectivity index (χ0) is 16.1. The maximum atomic E-state index is 11.5. The van der Waals surface area contributed by atoms with Crippen LogP contribution in [0.3, 0.4) is 0 Å². The first-order valence-electron chi connectivity index (χ1n) is 5.76. The molecule has 0 aliphatic heterocycles. The molecule has 3 N–H and O–H groups in total. The van der Waals surface area contributed by atoms with Crippen LogP contribution in [-0.2, 0) is 4.84 Å². The number of thiophene rings is 1. The van der Waals surface area contributed by atoms with Crippen LogP contribution < -0.4 is 11.1 Å². The highest BCUT2D eigenvalue weighted by Gasteiger charge is 2.12. The molecule has 1 aromatic carbocycles. The Hall–Kier alpha value is -2.46. The molecule has 10 heteroatoms. The number of hydrogen-bond acceptors (Lipinski definition) is 6. The van der Waals surface area contributed by atoms with Crippen molar-refractivity contribution in [3.05, 3.63) is 55.9 Å². The number of halogens is 1. The molecule has 0 radical (unpaired) electrons. The molecular formula is C12H9BrN4O4S. The van der Waals surface area contributed by atoms with Gasteiger partial charge >= 0.3 is 11.1 Å². The van der Waals surface area contributed by atoms with Crippen LogP contribution in [0.1, 0.15) is 5.56 Å². The third-order valence-electron chi connectivity index (χ3n) is 2.38. The van der Waals surface area contributed by atoms with E-state index in [1.165, 1.54) is 11.4 Å². The Morgan fingerprint density at radius 1 is 1.41 bits per heavy atom. The second-order valence-corrected chi connectivity index (χ2v) is 5.72. The molecular weight excluding hydrogens is 376 g/mol. The minimum Gasteiger partial charge on any atom is -0.380 e. The number of carbonyl (C=O) groups excluding carboxylic acids is 1. The number of nitrogens with two attached hydrogens (primary N) is 1. The monoisotopic (exact) mass is 384 g/mol. The van der Waals surface area contributed by atoms with E-state index in [1.807, 2.05) is 0 Å². The van der Waals surface area contributed by atoms with Gasteiger partial charge in [0.05, 0.1) is 4.92 Å². The molecule has 0 atom stereocenters. The predicted molar refractivity (Wildman–Crippen MR) is 85.9 cm³/mol. The lowest BCUT2D eigenvalue weighted by atomic mass is 10.3. The Labute approximate surface area is 136 Å². The first kappa shape index (κ1) is 15.9. The lowest BCUT2D eigenvalue weighted by molar-refractivity contribution is -0.380. The molecule has 2 aromatic rings. The maximum Gasteiger partial charge on any atom is 0.437 e. The highest BCUT2D eigenvalue weighted by molar-refractivity contribution is 9.10. The van der Waals surface area contributed by atoms with E-state index in [1.54, 1.807) is 24.3 Å². The molecule has 114 valence electrons. The van der Waals surface area contributed by atoms with E-state index in [9.17, 15) is 14.9 Å². The van der Waals surface area contributed by atoms with Gasteiger partial charge in [-0.05, 0) is 24.3 Å². The van der Waals surface area contributed by atoms with Gasteiger partial charge in [-0.25, -0.2) is 4.79 Å². The standard InChI is InChI=1S/C12H9BrN4O4S/c13-8-1-3-9(4-2-8)15-12(18)21-16-11(14)7-5-10(17(19)20)22-6-7/h1-6H,(H2,14,16)(H,15,18). The number of nitrogens with one attached hydrogen (secondary N) is 1. The number of hydrogen-bond donors (Lipinski definition) is 2. The summed E-state index contributed by atoms with van der Waals surface area (Å²) in [5, 5.41) is 17.8. The van der Waals surface area contributed by atoms with E-state index >= 15 is 0 Å². The van der Waals surface area contributed by atoms with Crippen molar-refractivity contribution in [2.75, 3.05) is 5.32 Å². The molecule has 0 saturated heterocycles. The molecule has 1 heterocycles. The number of carbonyl (C=O) groups is 1. The van der Waals surface area contributed by atoms with E-state index in [0.717, 1.165) is 15.8 Å². The molecule has 1 amide bonds. The predicted octanol–water partition coefficient (Wildman–Crippen LogP) is 3.29. The van der Waals surface area contributed by atoms with E-state index in [2.05, 4.69) is 31.2 Å². The summed E-state index contributed by atoms with van der Waals surface area (Å²) in [4.78, 5) is 26.2. The topological polar surface area (TPSA) is 120 Å². The van der Waals surface area contributed by atoms with Gasteiger partial charge in [-0.2, -0.15) is 0 Å². The lowest BCUT2D eigenvalue weighted by Gasteiger charge is -2.03. The van der Waals surface area contributed by atoms with Gasteiger partial charge in [0, 0.05) is 27.2 Å². The molecule has 0 saturated carbocycles. The largest absolute Gasteiger partial charge is 0.437 e. The van der Waals surface area contributed by atoms with E-state index in [0.29, 0.717) is 11.3 Å². The zero-order valence-corrected chi connectivity index (χ0v) is 13.3. The third kappa shape index (κ3) is 4.27. The Balaban J connectivity index is 1.96. The highest BCUT2D eigenvalue weighted by atomic mass is 79.9. The first-order chi connectivity index (χ1) is 10.5. The van der Waals surface area contributed by atoms with Crippen LogP contribution in [0.4, 0.5) is 15.5 Å². The van der Waals surface area contributed by atoms with Gasteiger partial charge in [0.25, 0.3) is 0 Å². The minimum atomic E-state index is -0.824. The van der Waals surface area contributed by atoms with Crippen LogP contribution in [0.2, 0.25) is 0 Å². The van der Waals surface area contributed by atoms with Crippen molar-refractivity contribution in [2.45, 2.75) is 0 Å². The van der Waals surface area contributed by atoms with Gasteiger partial charge in [0.15, 0.2) is 5.84 Å². The molecule has 0 aliphatic rings. The average molecular weight is 385 g/mol. The average Bonchev–Trinajstić information content (AvgIpc) is 2.97. The van der Waals surface area contributed by atoms with Crippen LogP contribution >= 0.6 is 27.3 Å². The van der Waals surface area contributed by atoms with Crippen molar-refractivity contribution >= 4 is 49.9 Å².